The molecule has 354 valence electrons. The van der Waals surface area contributed by atoms with Gasteiger partial charge in [-0.05, 0) is 87.4 Å². The highest BCUT2D eigenvalue weighted by Crippen LogP contribution is 2.72. The van der Waals surface area contributed by atoms with Crippen molar-refractivity contribution in [3.63, 3.8) is 0 Å². The number of aliphatic hydroxyl groups excluding tert-OH is 9. The molecule has 0 aromatic carbocycles. The Balaban J connectivity index is 0.943. The van der Waals surface area contributed by atoms with Crippen LogP contribution in [0.4, 0.5) is 0 Å². The number of rotatable bonds is 7. The van der Waals surface area contributed by atoms with Crippen LogP contribution >= 0.6 is 0 Å². The Morgan fingerprint density at radius 2 is 1.47 bits per heavy atom. The van der Waals surface area contributed by atoms with E-state index in [9.17, 15) is 51.1 Å². The summed E-state index contributed by atoms with van der Waals surface area (Å²) in [5.41, 5.74) is -0.510. The molecule has 0 aromatic rings. The zero-order chi connectivity index (χ0) is 44.4. The predicted molar refractivity (Wildman–Crippen MR) is 211 cm³/mol. The number of hydrogen-bond donors (Lipinski definition) is 10. The smallest absolute Gasteiger partial charge is 0.200 e. The Bertz CT molecular complexity index is 1660. The van der Waals surface area contributed by atoms with Gasteiger partial charge in [-0.25, -0.2) is 0 Å². The summed E-state index contributed by atoms with van der Waals surface area (Å²) in [4.78, 5) is 0. The van der Waals surface area contributed by atoms with E-state index in [-0.39, 0.29) is 17.3 Å². The first kappa shape index (κ1) is 46.1. The molecule has 5 saturated heterocycles. The lowest BCUT2D eigenvalue weighted by Gasteiger charge is -2.60. The minimum atomic E-state index is -1.75. The topological polar surface area (TPSA) is 276 Å². The summed E-state index contributed by atoms with van der Waals surface area (Å²) in [6, 6.07) is 0. The second-order valence-corrected chi connectivity index (χ2v) is 20.8. The summed E-state index contributed by atoms with van der Waals surface area (Å²) in [7, 11) is 0. The molecule has 0 unspecified atom stereocenters. The van der Waals surface area contributed by atoms with Crippen molar-refractivity contribution in [1.29, 1.82) is 0 Å². The molecule has 8 fully saturated rings. The van der Waals surface area contributed by atoms with Gasteiger partial charge in [-0.3, -0.25) is 0 Å². The van der Waals surface area contributed by atoms with E-state index >= 15 is 0 Å². The molecule has 18 nitrogen and oxygen atoms in total. The van der Waals surface area contributed by atoms with Crippen molar-refractivity contribution in [2.45, 2.75) is 202 Å². The lowest BCUT2D eigenvalue weighted by atomic mass is 9.46. The van der Waals surface area contributed by atoms with Gasteiger partial charge in [0.2, 0.25) is 0 Å². The highest BCUT2D eigenvalue weighted by Gasteiger charge is 2.77. The van der Waals surface area contributed by atoms with E-state index in [1.165, 1.54) is 12.5 Å². The van der Waals surface area contributed by atoms with Gasteiger partial charge < -0.3 is 89.0 Å². The van der Waals surface area contributed by atoms with Crippen LogP contribution in [0.1, 0.15) is 86.0 Å². The van der Waals surface area contributed by atoms with E-state index in [2.05, 4.69) is 26.8 Å². The number of fused-ring (bicyclic) bond motifs is 7. The summed E-state index contributed by atoms with van der Waals surface area (Å²) >= 11 is 0. The molecule has 1 spiro atoms. The van der Waals surface area contributed by atoms with Crippen LogP contribution < -0.4 is 0 Å². The SMILES string of the molecule is C[C@@H]1CO[C@@]2(O[C@H]3C[C@H]4[C@@H]5CC=C6C[C@@H](O[C@@H]7O[C@H](CO)[C@H](O)[C@H](O[C@@H]8OC[C@@H](O)[C@H](O)[C@H]8O)[C@H]7O[C@@H]7O[C@@H](C)[C@H](O)[C@@H](O)[C@H]7O)CC[C@]6(C)[C@H]5CC[C@]4(C)[C@@]3(O)[C@@H]2C)[C@@H](O)C1. The van der Waals surface area contributed by atoms with Crippen molar-refractivity contribution in [1.82, 2.24) is 0 Å². The third-order valence-corrected chi connectivity index (χ3v) is 17.6. The first-order valence-corrected chi connectivity index (χ1v) is 23.0. The molecule has 4 aliphatic carbocycles. The number of hydrogen-bond acceptors (Lipinski definition) is 18. The van der Waals surface area contributed by atoms with E-state index in [1.807, 2.05) is 6.92 Å². The molecule has 9 rings (SSSR count). The van der Waals surface area contributed by atoms with Crippen molar-refractivity contribution in [2.75, 3.05) is 19.8 Å². The van der Waals surface area contributed by atoms with Gasteiger partial charge in [0.15, 0.2) is 24.7 Å². The summed E-state index contributed by atoms with van der Waals surface area (Å²) in [6.07, 6.45) is -14.6. The summed E-state index contributed by atoms with van der Waals surface area (Å²) in [6.45, 7) is 9.50. The summed E-state index contributed by atoms with van der Waals surface area (Å²) in [5, 5.41) is 109. The van der Waals surface area contributed by atoms with Gasteiger partial charge in [-0.15, -0.1) is 0 Å². The van der Waals surface area contributed by atoms with Gasteiger partial charge >= 0.3 is 0 Å². The van der Waals surface area contributed by atoms with Gasteiger partial charge in [0.1, 0.15) is 72.7 Å². The molecule has 5 aliphatic heterocycles. The van der Waals surface area contributed by atoms with Crippen LogP contribution in [0, 0.1) is 40.4 Å². The first-order chi connectivity index (χ1) is 29.3. The van der Waals surface area contributed by atoms with Crippen LogP contribution in [0.3, 0.4) is 0 Å². The quantitative estimate of drug-likeness (QED) is 0.137. The second-order valence-electron chi connectivity index (χ2n) is 20.8. The number of aliphatic hydroxyl groups is 10. The molecule has 9 aliphatic rings. The van der Waals surface area contributed by atoms with Crippen LogP contribution in [0.5, 0.6) is 0 Å². The zero-order valence-corrected chi connectivity index (χ0v) is 36.3. The highest BCUT2D eigenvalue weighted by molar-refractivity contribution is 5.29. The summed E-state index contributed by atoms with van der Waals surface area (Å²) < 4.78 is 49.5. The van der Waals surface area contributed by atoms with Gasteiger partial charge in [0, 0.05) is 11.3 Å². The molecule has 26 atom stereocenters. The molecule has 3 saturated carbocycles. The predicted octanol–water partition coefficient (Wildman–Crippen LogP) is -1.06. The maximum atomic E-state index is 12.8. The largest absolute Gasteiger partial charge is 0.394 e. The van der Waals surface area contributed by atoms with Crippen LogP contribution in [0.2, 0.25) is 0 Å². The van der Waals surface area contributed by atoms with E-state index in [0.29, 0.717) is 44.1 Å². The van der Waals surface area contributed by atoms with Crippen molar-refractivity contribution in [3.05, 3.63) is 11.6 Å². The number of ether oxygens (including phenoxy) is 8. The molecular formula is C44H70O18. The molecule has 0 amide bonds. The molecular weight excluding hydrogens is 816 g/mol. The van der Waals surface area contributed by atoms with E-state index in [0.717, 1.165) is 25.7 Å². The Hall–Kier alpha value is -0.980. The zero-order valence-electron chi connectivity index (χ0n) is 36.3. The third kappa shape index (κ3) is 6.95. The Morgan fingerprint density at radius 3 is 2.19 bits per heavy atom. The molecule has 0 bridgehead atoms. The average Bonchev–Trinajstić information content (AvgIpc) is 3.61. The fraction of sp³-hybridized carbons (Fsp3) is 0.955. The lowest BCUT2D eigenvalue weighted by molar-refractivity contribution is -0.390. The lowest BCUT2D eigenvalue weighted by Crippen LogP contribution is -2.66. The van der Waals surface area contributed by atoms with Crippen LogP contribution in [0.25, 0.3) is 0 Å². The van der Waals surface area contributed by atoms with Crippen molar-refractivity contribution < 1.29 is 89.0 Å². The van der Waals surface area contributed by atoms with E-state index in [1.54, 1.807) is 0 Å². The maximum Gasteiger partial charge on any atom is 0.200 e. The molecule has 10 N–H and O–H groups in total. The Labute approximate surface area is 362 Å². The van der Waals surface area contributed by atoms with E-state index < -0.39 is 140 Å². The highest BCUT2D eigenvalue weighted by atomic mass is 16.8. The molecule has 62 heavy (non-hydrogen) atoms. The minimum Gasteiger partial charge on any atom is -0.394 e. The maximum absolute atomic E-state index is 12.8. The molecule has 18 heteroatoms. The normalized spacial score (nSPS) is 58.9. The molecule has 5 heterocycles. The Morgan fingerprint density at radius 1 is 0.742 bits per heavy atom. The van der Waals surface area contributed by atoms with E-state index in [4.69, 9.17) is 37.9 Å². The molecule has 0 radical (unpaired) electrons. The summed E-state index contributed by atoms with van der Waals surface area (Å²) in [5.74, 6) is -0.582. The average molecular weight is 887 g/mol. The van der Waals surface area contributed by atoms with Crippen molar-refractivity contribution >= 4 is 0 Å². The molecule has 0 aromatic heterocycles. The van der Waals surface area contributed by atoms with Crippen LogP contribution in [0.15, 0.2) is 11.6 Å². The van der Waals surface area contributed by atoms with Crippen LogP contribution in [-0.2, 0) is 37.9 Å². The standard InChI is InChI=1S/C44H70O18/c1-18-12-28(47)44(56-16-18)20(3)43(54)29(62-44)14-25-23-7-6-21-13-22(8-10-41(21,4)24(23)9-11-42(25,43)5)58-40-37(61-39-35(53)33(51)30(48)19(2)57-39)36(32(50)27(15-45)59-40)60-38-34(52)31(49)26(46)17-55-38/h6,18-20,22-40,45-54H,7-17H2,1-5H3/t18-,19-,20-,22-,23+,24-,25-,26+,27+,28-,29-,30-,31-,32-,33+,34+,35+,36-,37+,38-,39-,40+,41-,42-,43+,44-/m0/s1. The Kier molecular flexibility index (Phi) is 12.4. The van der Waals surface area contributed by atoms with Gasteiger partial charge in [-0.1, -0.05) is 39.3 Å². The van der Waals surface area contributed by atoms with Gasteiger partial charge in [0.05, 0.1) is 38.1 Å². The minimum absolute atomic E-state index is 0.164. The van der Waals surface area contributed by atoms with Crippen LogP contribution in [-0.4, -0.2) is 187 Å². The number of allylic oxidation sites excluding steroid dienone is 1. The first-order valence-electron chi connectivity index (χ1n) is 23.0. The third-order valence-electron chi connectivity index (χ3n) is 17.6. The van der Waals surface area contributed by atoms with Gasteiger partial charge in [-0.2, -0.15) is 0 Å². The fourth-order valence-corrected chi connectivity index (χ4v) is 13.8. The monoisotopic (exact) mass is 886 g/mol. The second kappa shape index (κ2) is 16.7. The van der Waals surface area contributed by atoms with Gasteiger partial charge in [0.25, 0.3) is 0 Å². The fourth-order valence-electron chi connectivity index (χ4n) is 13.8. The van der Waals surface area contributed by atoms with Crippen molar-refractivity contribution in [2.24, 2.45) is 40.4 Å². The van der Waals surface area contributed by atoms with Crippen molar-refractivity contribution in [3.8, 4) is 0 Å².